The number of hydrogen-bond donors (Lipinski definition) is 1. The number of furan rings is 1. The molecule has 1 N–H and O–H groups in total. The first-order chi connectivity index (χ1) is 30.3. The maximum Gasteiger partial charge on any atom is 0.148 e. The van der Waals surface area contributed by atoms with E-state index in [1.54, 1.807) is 0 Å². The maximum absolute atomic E-state index is 12.4. The van der Waals surface area contributed by atoms with Crippen molar-refractivity contribution in [3.05, 3.63) is 167 Å². The van der Waals surface area contributed by atoms with E-state index >= 15 is 0 Å². The number of aromatic hydroxyl groups is 1. The number of pyridine rings is 1. The average Bonchev–Trinajstić information content (AvgIpc) is 3.85. The minimum atomic E-state index is -0.325. The largest absolute Gasteiger partial charge is 0.507 e. The van der Waals surface area contributed by atoms with Crippen LogP contribution in [-0.2, 0) is 37.3 Å². The summed E-state index contributed by atoms with van der Waals surface area (Å²) in [6, 6.07) is 48.5. The summed E-state index contributed by atoms with van der Waals surface area (Å²) < 4.78 is 8.89. The Hall–Kier alpha value is -6.03. The molecular weight excluding hydrogens is 978 g/mol. The molecule has 0 bridgehead atoms. The molecule has 0 spiro atoms. The van der Waals surface area contributed by atoms with E-state index in [0.29, 0.717) is 11.4 Å². The topological polar surface area (TPSA) is 64.1 Å². The second-order valence-corrected chi connectivity index (χ2v) is 20.6. The number of phenols is 1. The van der Waals surface area contributed by atoms with E-state index in [9.17, 15) is 5.11 Å². The summed E-state index contributed by atoms with van der Waals surface area (Å²) in [6.45, 7) is 26.2. The molecule has 9 aromatic rings. The molecule has 6 aromatic carbocycles. The predicted molar refractivity (Wildman–Crippen MR) is 267 cm³/mol. The van der Waals surface area contributed by atoms with Crippen molar-refractivity contribution in [2.45, 2.75) is 99.3 Å². The molecule has 5 nitrogen and oxygen atoms in total. The predicted octanol–water partition coefficient (Wildman–Crippen LogP) is 15.8. The Balaban J connectivity index is 0.00000576. The van der Waals surface area contributed by atoms with Gasteiger partial charge >= 0.3 is 0 Å². The quantitative estimate of drug-likeness (QED) is 0.169. The van der Waals surface area contributed by atoms with E-state index < -0.39 is 0 Å². The molecule has 3 aromatic heterocycles. The summed E-state index contributed by atoms with van der Waals surface area (Å²) in [6.07, 6.45) is 0. The van der Waals surface area contributed by atoms with Crippen LogP contribution in [0.15, 0.2) is 132 Å². The van der Waals surface area contributed by atoms with Crippen LogP contribution < -0.4 is 0 Å². The minimum Gasteiger partial charge on any atom is -0.507 e. The third kappa shape index (κ3) is 8.41. The molecule has 0 fully saturated rings. The van der Waals surface area contributed by atoms with E-state index in [2.05, 4.69) is 215 Å². The zero-order valence-corrected chi connectivity index (χ0v) is 41.9. The summed E-state index contributed by atoms with van der Waals surface area (Å²) >= 11 is 0. The molecule has 0 atom stereocenters. The average molecular weight is 1040 g/mol. The normalized spacial score (nSPS) is 12.2. The molecule has 9 rings (SSSR count). The Bertz CT molecular complexity index is 3240. The molecule has 0 saturated carbocycles. The van der Waals surface area contributed by atoms with E-state index in [1.165, 1.54) is 11.1 Å². The smallest absolute Gasteiger partial charge is 0.148 e. The van der Waals surface area contributed by atoms with E-state index in [0.717, 1.165) is 94.9 Å². The molecule has 65 heavy (non-hydrogen) atoms. The van der Waals surface area contributed by atoms with E-state index in [-0.39, 0.29) is 43.1 Å². The van der Waals surface area contributed by atoms with Crippen LogP contribution >= 0.6 is 0 Å². The van der Waals surface area contributed by atoms with Crippen LogP contribution in [-0.4, -0.2) is 19.6 Å². The third-order valence-corrected chi connectivity index (χ3v) is 12.7. The molecule has 0 saturated heterocycles. The van der Waals surface area contributed by atoms with Crippen molar-refractivity contribution in [1.82, 2.24) is 14.5 Å². The van der Waals surface area contributed by atoms with E-state index in [4.69, 9.17) is 14.4 Å². The molecule has 0 aliphatic rings. The third-order valence-electron chi connectivity index (χ3n) is 12.7. The van der Waals surface area contributed by atoms with Gasteiger partial charge in [0.15, 0.2) is 0 Å². The number of para-hydroxylation sites is 2. The zero-order chi connectivity index (χ0) is 45.5. The van der Waals surface area contributed by atoms with Crippen molar-refractivity contribution in [3.8, 4) is 67.7 Å². The van der Waals surface area contributed by atoms with Gasteiger partial charge in [-0.05, 0) is 89.6 Å². The number of benzene rings is 6. The number of imidazole rings is 1. The van der Waals surface area contributed by atoms with Crippen LogP contribution in [0, 0.1) is 26.8 Å². The number of aromatic nitrogens is 3. The monoisotopic (exact) mass is 1040 g/mol. The number of rotatable bonds is 6. The van der Waals surface area contributed by atoms with Crippen LogP contribution in [0.2, 0.25) is 0 Å². The van der Waals surface area contributed by atoms with Crippen LogP contribution in [0.1, 0.15) is 95.8 Å². The van der Waals surface area contributed by atoms with Gasteiger partial charge in [-0.1, -0.05) is 158 Å². The van der Waals surface area contributed by atoms with Crippen molar-refractivity contribution < 1.29 is 30.6 Å². The molecule has 332 valence electrons. The van der Waals surface area contributed by atoms with Gasteiger partial charge in [0.25, 0.3) is 0 Å². The Kier molecular flexibility index (Phi) is 11.7. The zero-order valence-electron chi connectivity index (χ0n) is 39.6. The molecule has 0 radical (unpaired) electrons. The molecular formula is C59H58N3O2Pt-. The molecule has 0 aliphatic heterocycles. The van der Waals surface area contributed by atoms with Crippen molar-refractivity contribution >= 4 is 22.0 Å². The van der Waals surface area contributed by atoms with Gasteiger partial charge in [0, 0.05) is 54.5 Å². The maximum atomic E-state index is 12.4. The molecule has 0 unspecified atom stereocenters. The Morgan fingerprint density at radius 1 is 0.585 bits per heavy atom. The SMILES string of the molecule is Cc1cccc(C)c1-c1cc2c(C)nc(-c3[c-]c(-c4cccc5c4nc(-c4cc(C(C)(C)C)cc(C(C)(C)C)c4O)n5-c4ccccc4-c4ccccc4)cc(C(C)(C)C)c3)cc2o1.[Pt]. The van der Waals surface area contributed by atoms with Crippen LogP contribution in [0.3, 0.4) is 0 Å². The van der Waals surface area contributed by atoms with Gasteiger partial charge in [0.1, 0.15) is 22.9 Å². The fraction of sp³-hybridized carbons (Fsp3) is 0.254. The summed E-state index contributed by atoms with van der Waals surface area (Å²) in [5.74, 6) is 1.77. The molecule has 6 heteroatoms. The minimum absolute atomic E-state index is 0. The summed E-state index contributed by atoms with van der Waals surface area (Å²) in [5, 5.41) is 13.4. The van der Waals surface area contributed by atoms with Crippen LogP contribution in [0.5, 0.6) is 5.75 Å². The molecule has 0 aliphatic carbocycles. The first-order valence-electron chi connectivity index (χ1n) is 22.4. The number of phenolic OH excluding ortho intramolecular Hbond substituents is 1. The first-order valence-corrected chi connectivity index (χ1v) is 22.4. The number of nitrogens with zero attached hydrogens (tertiary/aromatic N) is 3. The van der Waals surface area contributed by atoms with Gasteiger partial charge < -0.3 is 9.52 Å². The Morgan fingerprint density at radius 3 is 1.88 bits per heavy atom. The fourth-order valence-electron chi connectivity index (χ4n) is 9.02. The van der Waals surface area contributed by atoms with Gasteiger partial charge in [0.2, 0.25) is 0 Å². The second kappa shape index (κ2) is 16.8. The van der Waals surface area contributed by atoms with Gasteiger partial charge in [0.05, 0.1) is 22.3 Å². The van der Waals surface area contributed by atoms with Crippen molar-refractivity contribution in [1.29, 1.82) is 0 Å². The fourth-order valence-corrected chi connectivity index (χ4v) is 9.02. The van der Waals surface area contributed by atoms with Gasteiger partial charge in [-0.25, -0.2) is 4.98 Å². The van der Waals surface area contributed by atoms with Crippen molar-refractivity contribution in [2.75, 3.05) is 0 Å². The van der Waals surface area contributed by atoms with Gasteiger partial charge in [-0.15, -0.1) is 29.3 Å². The second-order valence-electron chi connectivity index (χ2n) is 20.6. The summed E-state index contributed by atoms with van der Waals surface area (Å²) in [7, 11) is 0. The number of aryl methyl sites for hydroxylation is 3. The Labute approximate surface area is 398 Å². The molecule has 3 heterocycles. The first kappa shape index (κ1) is 45.5. The van der Waals surface area contributed by atoms with Crippen molar-refractivity contribution in [3.63, 3.8) is 0 Å². The standard InChI is InChI=1S/C59H58N3O2.Pt/c1-35-20-18-21-36(2)53(35)52-33-45-37(3)60-48(34-51(45)64-52)40-28-39(29-41(30-40)57(4,5)6)44-25-19-27-50-54(44)61-56(46-31-42(58(7,8)9)32-47(55(46)63)59(10,11)12)62(50)49-26-17-16-24-43(49)38-22-14-13-15-23-38;/h13-27,29-34,63H,1-12H3;/q-1;. The van der Waals surface area contributed by atoms with Crippen LogP contribution in [0.4, 0.5) is 0 Å². The molecule has 0 amide bonds. The van der Waals surface area contributed by atoms with Gasteiger partial charge in [-0.3, -0.25) is 9.55 Å². The summed E-state index contributed by atoms with van der Waals surface area (Å²) in [5.41, 5.74) is 16.8. The Morgan fingerprint density at radius 2 is 1.20 bits per heavy atom. The number of hydrogen-bond acceptors (Lipinski definition) is 4. The van der Waals surface area contributed by atoms with Crippen LogP contribution in [0.25, 0.3) is 83.9 Å². The number of fused-ring (bicyclic) bond motifs is 2. The van der Waals surface area contributed by atoms with Gasteiger partial charge in [-0.2, -0.15) is 0 Å². The van der Waals surface area contributed by atoms with E-state index in [1.807, 2.05) is 6.07 Å². The van der Waals surface area contributed by atoms with Crippen molar-refractivity contribution in [2.24, 2.45) is 0 Å². The summed E-state index contributed by atoms with van der Waals surface area (Å²) in [4.78, 5) is 10.8.